The van der Waals surface area contributed by atoms with Gasteiger partial charge in [-0.15, -0.1) is 0 Å². The highest BCUT2D eigenvalue weighted by Gasteiger charge is 2.19. The summed E-state index contributed by atoms with van der Waals surface area (Å²) in [7, 11) is 0. The lowest BCUT2D eigenvalue weighted by Crippen LogP contribution is -2.07. The Morgan fingerprint density at radius 1 is 1.23 bits per heavy atom. The van der Waals surface area contributed by atoms with Gasteiger partial charge in [-0.2, -0.15) is 5.10 Å². The first-order chi connectivity index (χ1) is 14.5. The summed E-state index contributed by atoms with van der Waals surface area (Å²) in [5, 5.41) is 6.87. The molecular formula is C22H21ClN4O2S. The van der Waals surface area contributed by atoms with Gasteiger partial charge < -0.3 is 9.30 Å². The summed E-state index contributed by atoms with van der Waals surface area (Å²) in [5.74, 6) is -0.419. The molecule has 0 fully saturated rings. The second-order valence-corrected chi connectivity index (χ2v) is 8.12. The average Bonchev–Trinajstić information content (AvgIpc) is 3.31. The molecule has 0 amide bonds. The highest BCUT2D eigenvalue weighted by Crippen LogP contribution is 2.40. The molecule has 8 heteroatoms. The zero-order valence-electron chi connectivity index (χ0n) is 16.9. The molecule has 0 saturated heterocycles. The fourth-order valence-corrected chi connectivity index (χ4v) is 4.54. The van der Waals surface area contributed by atoms with Crippen LogP contribution in [0.4, 0.5) is 0 Å². The largest absolute Gasteiger partial charge is 0.461 e. The van der Waals surface area contributed by atoms with E-state index in [2.05, 4.69) is 28.5 Å². The molecule has 3 aromatic heterocycles. The molecule has 30 heavy (non-hydrogen) atoms. The van der Waals surface area contributed by atoms with Gasteiger partial charge in [-0.25, -0.2) is 9.78 Å². The molecule has 1 aromatic carbocycles. The minimum absolute atomic E-state index is 0.301. The van der Waals surface area contributed by atoms with Crippen molar-refractivity contribution < 1.29 is 9.53 Å². The highest BCUT2D eigenvalue weighted by molar-refractivity contribution is 7.99. The fourth-order valence-electron chi connectivity index (χ4n) is 3.36. The van der Waals surface area contributed by atoms with Crippen molar-refractivity contribution in [2.45, 2.75) is 37.2 Å². The van der Waals surface area contributed by atoms with Crippen LogP contribution in [-0.4, -0.2) is 31.9 Å². The van der Waals surface area contributed by atoms with E-state index in [0.29, 0.717) is 17.3 Å². The average molecular weight is 441 g/mol. The van der Waals surface area contributed by atoms with E-state index in [9.17, 15) is 4.79 Å². The van der Waals surface area contributed by atoms with Gasteiger partial charge in [0.25, 0.3) is 0 Å². The van der Waals surface area contributed by atoms with Crippen LogP contribution < -0.4 is 0 Å². The summed E-state index contributed by atoms with van der Waals surface area (Å²) in [6.45, 7) is 7.01. The van der Waals surface area contributed by atoms with Crippen LogP contribution in [0.5, 0.6) is 0 Å². The first kappa shape index (κ1) is 20.5. The second kappa shape index (κ2) is 8.53. The molecule has 0 bridgehead atoms. The van der Waals surface area contributed by atoms with Crippen molar-refractivity contribution in [1.29, 1.82) is 0 Å². The number of benzene rings is 1. The Kier molecular flexibility index (Phi) is 5.83. The van der Waals surface area contributed by atoms with E-state index in [1.54, 1.807) is 13.0 Å². The highest BCUT2D eigenvalue weighted by atomic mass is 35.5. The topological polar surface area (TPSA) is 61.9 Å². The molecule has 4 aromatic rings. The number of hydrogen-bond acceptors (Lipinski definition) is 5. The monoisotopic (exact) mass is 440 g/mol. The van der Waals surface area contributed by atoms with E-state index in [0.717, 1.165) is 38.8 Å². The minimum Gasteiger partial charge on any atom is -0.461 e. The van der Waals surface area contributed by atoms with Gasteiger partial charge in [-0.1, -0.05) is 35.5 Å². The normalized spacial score (nSPS) is 11.2. The number of halogens is 1. The van der Waals surface area contributed by atoms with Crippen LogP contribution in [0.25, 0.3) is 16.6 Å². The molecule has 0 aliphatic carbocycles. The van der Waals surface area contributed by atoms with Crippen molar-refractivity contribution >= 4 is 40.2 Å². The number of aromatic nitrogens is 4. The summed E-state index contributed by atoms with van der Waals surface area (Å²) in [4.78, 5) is 17.6. The van der Waals surface area contributed by atoms with E-state index in [1.807, 2.05) is 47.4 Å². The molecule has 0 aliphatic rings. The van der Waals surface area contributed by atoms with Crippen molar-refractivity contribution in [3.8, 4) is 5.69 Å². The van der Waals surface area contributed by atoms with Gasteiger partial charge in [0.1, 0.15) is 10.7 Å². The predicted octanol–water partition coefficient (Wildman–Crippen LogP) is 5.53. The van der Waals surface area contributed by atoms with Crippen molar-refractivity contribution in [1.82, 2.24) is 19.3 Å². The minimum atomic E-state index is -0.419. The number of ether oxygens (including phenoxy) is 1. The summed E-state index contributed by atoms with van der Waals surface area (Å²) in [5.41, 5.74) is 3.33. The Balaban J connectivity index is 1.81. The lowest BCUT2D eigenvalue weighted by Gasteiger charge is -2.06. The Morgan fingerprint density at radius 3 is 2.80 bits per heavy atom. The van der Waals surface area contributed by atoms with Crippen molar-refractivity contribution in [2.24, 2.45) is 0 Å². The Bertz CT molecular complexity index is 1230. The molecule has 3 heterocycles. The van der Waals surface area contributed by atoms with Gasteiger partial charge in [-0.05, 0) is 45.0 Å². The van der Waals surface area contributed by atoms with E-state index in [1.165, 1.54) is 11.8 Å². The molecule has 0 atom stereocenters. The predicted molar refractivity (Wildman–Crippen MR) is 119 cm³/mol. The molecule has 4 rings (SSSR count). The van der Waals surface area contributed by atoms with Crippen LogP contribution in [-0.2, 0) is 11.3 Å². The summed E-state index contributed by atoms with van der Waals surface area (Å²) in [6.07, 6.45) is 3.87. The Hall–Kier alpha value is -2.77. The first-order valence-electron chi connectivity index (χ1n) is 9.67. The number of carbonyl (C=O) groups excluding carboxylic acids is 1. The van der Waals surface area contributed by atoms with Gasteiger partial charge in [-0.3, -0.25) is 4.68 Å². The van der Waals surface area contributed by atoms with Crippen LogP contribution in [0, 0.1) is 6.92 Å². The van der Waals surface area contributed by atoms with Crippen LogP contribution in [0.15, 0.2) is 58.7 Å². The van der Waals surface area contributed by atoms with E-state index in [4.69, 9.17) is 16.3 Å². The molecule has 154 valence electrons. The number of nitrogens with zero attached hydrogens (tertiary/aromatic N) is 4. The van der Waals surface area contributed by atoms with Crippen molar-refractivity contribution in [3.05, 3.63) is 65.2 Å². The van der Waals surface area contributed by atoms with Gasteiger partial charge in [0, 0.05) is 33.7 Å². The van der Waals surface area contributed by atoms with Gasteiger partial charge in [0.05, 0.1) is 24.0 Å². The van der Waals surface area contributed by atoms with Gasteiger partial charge in [0.2, 0.25) is 0 Å². The number of aryl methyl sites for hydroxylation is 1. The lowest BCUT2D eigenvalue weighted by molar-refractivity contribution is 0.0518. The third kappa shape index (κ3) is 3.82. The summed E-state index contributed by atoms with van der Waals surface area (Å²) >= 11 is 7.83. The second-order valence-electron chi connectivity index (χ2n) is 6.65. The molecule has 0 aliphatic heterocycles. The van der Waals surface area contributed by atoms with Crippen LogP contribution in [0.2, 0.25) is 5.02 Å². The number of hydrogen-bond donors (Lipinski definition) is 0. The van der Waals surface area contributed by atoms with E-state index >= 15 is 0 Å². The van der Waals surface area contributed by atoms with Crippen molar-refractivity contribution in [2.75, 3.05) is 6.61 Å². The zero-order valence-corrected chi connectivity index (χ0v) is 18.5. The molecule has 0 radical (unpaired) electrons. The van der Waals surface area contributed by atoms with Gasteiger partial charge in [0.15, 0.2) is 0 Å². The number of fused-ring (bicyclic) bond motifs is 1. The smallest absolute Gasteiger partial charge is 0.356 e. The summed E-state index contributed by atoms with van der Waals surface area (Å²) < 4.78 is 9.12. The maximum Gasteiger partial charge on any atom is 0.356 e. The van der Waals surface area contributed by atoms with E-state index in [-0.39, 0.29) is 0 Å². The quantitative estimate of drug-likeness (QED) is 0.369. The fraction of sp³-hybridized carbons (Fsp3) is 0.227. The third-order valence-corrected chi connectivity index (χ3v) is 6.12. The molecule has 0 N–H and O–H groups in total. The first-order valence-corrected chi connectivity index (χ1v) is 10.9. The number of esters is 1. The van der Waals surface area contributed by atoms with Crippen LogP contribution in [0.3, 0.4) is 0 Å². The molecule has 0 saturated carbocycles. The molecule has 0 unspecified atom stereocenters. The van der Waals surface area contributed by atoms with Crippen LogP contribution >= 0.6 is 23.4 Å². The van der Waals surface area contributed by atoms with Gasteiger partial charge >= 0.3 is 5.97 Å². The third-order valence-electron chi connectivity index (χ3n) is 4.73. The molecule has 0 spiro atoms. The SMILES string of the molecule is CCOC(=O)c1cccc(Sc2c(C)n(-c3cnn(CC)c3)c3cc(Cl)ccc23)n1. The zero-order chi connectivity index (χ0) is 21.3. The Morgan fingerprint density at radius 2 is 2.07 bits per heavy atom. The van der Waals surface area contributed by atoms with Crippen LogP contribution in [0.1, 0.15) is 30.0 Å². The van der Waals surface area contributed by atoms with Crippen molar-refractivity contribution in [3.63, 3.8) is 0 Å². The maximum absolute atomic E-state index is 12.1. The number of rotatable bonds is 6. The van der Waals surface area contributed by atoms with E-state index < -0.39 is 5.97 Å². The maximum atomic E-state index is 12.1. The molecular weight excluding hydrogens is 420 g/mol. The number of pyridine rings is 1. The summed E-state index contributed by atoms with van der Waals surface area (Å²) in [6, 6.07) is 11.2. The number of carbonyl (C=O) groups is 1. The molecule has 6 nitrogen and oxygen atoms in total. The Labute approximate surface area is 183 Å². The lowest BCUT2D eigenvalue weighted by atomic mass is 10.2. The standard InChI is InChI=1S/C22H21ClN4O2S/c1-4-26-13-16(12-24-26)27-14(3)21(17-10-9-15(23)11-19(17)27)30-20-8-6-7-18(25-20)22(28)29-5-2/h6-13H,4-5H2,1-3H3.